The van der Waals surface area contributed by atoms with E-state index in [1.807, 2.05) is 20.8 Å². The maximum Gasteiger partial charge on any atom is 0.247 e. The van der Waals surface area contributed by atoms with Crippen molar-refractivity contribution in [1.82, 2.24) is 10.2 Å². The number of ether oxygens (including phenoxy) is 1. The second-order valence-corrected chi connectivity index (χ2v) is 4.64. The molecule has 0 aromatic carbocycles. The minimum atomic E-state index is -0.522. The third-order valence-electron chi connectivity index (χ3n) is 2.09. The molecule has 4 nitrogen and oxygen atoms in total. The Balaban J connectivity index is 2.88. The molecule has 5 heteroatoms. The zero-order valence-corrected chi connectivity index (χ0v) is 10.5. The van der Waals surface area contributed by atoms with Crippen molar-refractivity contribution < 1.29 is 9.15 Å². The lowest BCUT2D eigenvalue weighted by Gasteiger charge is -2.17. The lowest BCUT2D eigenvalue weighted by atomic mass is 10.1. The number of aromatic nitrogens is 2. The Hall–Kier alpha value is -0.420. The molecule has 0 aliphatic heterocycles. The van der Waals surface area contributed by atoms with Gasteiger partial charge in [-0.3, -0.25) is 0 Å². The minimum Gasteiger partial charge on any atom is -0.421 e. The largest absolute Gasteiger partial charge is 0.421 e. The Morgan fingerprint density at radius 3 is 2.64 bits per heavy atom. The zero-order valence-electron chi connectivity index (χ0n) is 8.87. The summed E-state index contributed by atoms with van der Waals surface area (Å²) in [6.45, 7) is 5.82. The van der Waals surface area contributed by atoms with Gasteiger partial charge in [0.25, 0.3) is 0 Å². The molecule has 0 radical (unpaired) electrons. The molecule has 0 N–H and O–H groups in total. The molecule has 1 aromatic rings. The number of alkyl halides is 1. The molecule has 0 bridgehead atoms. The maximum absolute atomic E-state index is 5.50. The highest BCUT2D eigenvalue weighted by molar-refractivity contribution is 9.09. The molecule has 0 saturated carbocycles. The van der Waals surface area contributed by atoms with Gasteiger partial charge in [0.1, 0.15) is 5.60 Å². The Morgan fingerprint density at radius 1 is 1.50 bits per heavy atom. The van der Waals surface area contributed by atoms with E-state index >= 15 is 0 Å². The average Bonchev–Trinajstić information content (AvgIpc) is 2.66. The highest BCUT2D eigenvalue weighted by atomic mass is 79.9. The monoisotopic (exact) mass is 262 g/mol. The van der Waals surface area contributed by atoms with Crippen LogP contribution in [0.2, 0.25) is 0 Å². The molecule has 0 fully saturated rings. The van der Waals surface area contributed by atoms with Crippen LogP contribution >= 0.6 is 15.9 Å². The van der Waals surface area contributed by atoms with Crippen LogP contribution in [0.4, 0.5) is 0 Å². The molecule has 0 spiro atoms. The zero-order chi connectivity index (χ0) is 10.8. The summed E-state index contributed by atoms with van der Waals surface area (Å²) in [5.41, 5.74) is -0.522. The van der Waals surface area contributed by atoms with Gasteiger partial charge in [0, 0.05) is 7.11 Å². The van der Waals surface area contributed by atoms with Gasteiger partial charge < -0.3 is 9.15 Å². The maximum atomic E-state index is 5.50. The van der Waals surface area contributed by atoms with Crippen molar-refractivity contribution in [1.29, 1.82) is 0 Å². The van der Waals surface area contributed by atoms with Gasteiger partial charge in [0.15, 0.2) is 0 Å². The first-order valence-corrected chi connectivity index (χ1v) is 5.46. The van der Waals surface area contributed by atoms with Crippen molar-refractivity contribution in [2.45, 2.75) is 37.6 Å². The van der Waals surface area contributed by atoms with Gasteiger partial charge in [0.2, 0.25) is 11.8 Å². The molecule has 14 heavy (non-hydrogen) atoms. The van der Waals surface area contributed by atoms with Crippen LogP contribution in [-0.2, 0) is 10.3 Å². The van der Waals surface area contributed by atoms with E-state index in [1.165, 1.54) is 0 Å². The normalized spacial score (nSPS) is 14.4. The second kappa shape index (κ2) is 4.40. The van der Waals surface area contributed by atoms with Crippen LogP contribution in [0.3, 0.4) is 0 Å². The average molecular weight is 263 g/mol. The lowest BCUT2D eigenvalue weighted by Crippen LogP contribution is -2.19. The van der Waals surface area contributed by atoms with E-state index in [0.717, 1.165) is 6.42 Å². The molecular weight excluding hydrogens is 248 g/mol. The first-order valence-electron chi connectivity index (χ1n) is 4.54. The third-order valence-corrected chi connectivity index (χ3v) is 3.13. The molecule has 1 unspecified atom stereocenters. The van der Waals surface area contributed by atoms with E-state index in [9.17, 15) is 0 Å². The Labute approximate surface area is 92.2 Å². The molecule has 1 atom stereocenters. The van der Waals surface area contributed by atoms with Gasteiger partial charge in [0.05, 0.1) is 4.83 Å². The van der Waals surface area contributed by atoms with Crippen LogP contribution in [0.25, 0.3) is 0 Å². The van der Waals surface area contributed by atoms with Crippen LogP contribution in [-0.4, -0.2) is 17.3 Å². The van der Waals surface area contributed by atoms with E-state index in [4.69, 9.17) is 9.15 Å². The van der Waals surface area contributed by atoms with E-state index < -0.39 is 5.60 Å². The summed E-state index contributed by atoms with van der Waals surface area (Å²) in [5.74, 6) is 1.11. The number of nitrogens with zero attached hydrogens (tertiary/aromatic N) is 2. The van der Waals surface area contributed by atoms with Crippen LogP contribution in [0.15, 0.2) is 4.42 Å². The molecular formula is C9H15BrN2O2. The fourth-order valence-electron chi connectivity index (χ4n) is 0.866. The molecule has 0 aliphatic carbocycles. The van der Waals surface area contributed by atoms with Crippen molar-refractivity contribution in [3.8, 4) is 0 Å². The van der Waals surface area contributed by atoms with Crippen LogP contribution < -0.4 is 0 Å². The highest BCUT2D eigenvalue weighted by Crippen LogP contribution is 2.28. The van der Waals surface area contributed by atoms with Crippen molar-refractivity contribution in [3.05, 3.63) is 11.8 Å². The number of hydrogen-bond acceptors (Lipinski definition) is 4. The standard InChI is InChI=1S/C9H15BrN2O2/c1-5-6(10)7-11-12-8(14-7)9(2,3)13-4/h6H,5H2,1-4H3. The molecule has 80 valence electrons. The van der Waals surface area contributed by atoms with Gasteiger partial charge in [-0.2, -0.15) is 0 Å². The SMILES string of the molecule is CCC(Br)c1nnc(C(C)(C)OC)o1. The first-order chi connectivity index (χ1) is 6.51. The van der Waals surface area contributed by atoms with E-state index in [1.54, 1.807) is 7.11 Å². The van der Waals surface area contributed by atoms with Gasteiger partial charge in [-0.25, -0.2) is 0 Å². The first kappa shape index (κ1) is 11.7. The smallest absolute Gasteiger partial charge is 0.247 e. The number of methoxy groups -OCH3 is 1. The predicted octanol–water partition coefficient (Wildman–Crippen LogP) is 2.80. The van der Waals surface area contributed by atoms with Gasteiger partial charge in [-0.1, -0.05) is 22.9 Å². The van der Waals surface area contributed by atoms with Gasteiger partial charge in [-0.05, 0) is 20.3 Å². The van der Waals surface area contributed by atoms with Crippen molar-refractivity contribution in [2.24, 2.45) is 0 Å². The lowest BCUT2D eigenvalue weighted by molar-refractivity contribution is -0.00453. The van der Waals surface area contributed by atoms with Gasteiger partial charge in [-0.15, -0.1) is 10.2 Å². The molecule has 1 aromatic heterocycles. The third kappa shape index (κ3) is 2.33. The fourth-order valence-corrected chi connectivity index (χ4v) is 1.05. The van der Waals surface area contributed by atoms with Crippen molar-refractivity contribution in [3.63, 3.8) is 0 Å². The van der Waals surface area contributed by atoms with Gasteiger partial charge >= 0.3 is 0 Å². The Morgan fingerprint density at radius 2 is 2.14 bits per heavy atom. The summed E-state index contributed by atoms with van der Waals surface area (Å²) in [7, 11) is 1.62. The summed E-state index contributed by atoms with van der Waals surface area (Å²) in [6, 6.07) is 0. The Kier molecular flexibility index (Phi) is 3.66. The summed E-state index contributed by atoms with van der Waals surface area (Å²) in [4.78, 5) is 0.122. The highest BCUT2D eigenvalue weighted by Gasteiger charge is 2.27. The number of halogens is 1. The van der Waals surface area contributed by atoms with Crippen molar-refractivity contribution in [2.75, 3.05) is 7.11 Å². The topological polar surface area (TPSA) is 48.2 Å². The minimum absolute atomic E-state index is 0.122. The van der Waals surface area contributed by atoms with Crippen molar-refractivity contribution >= 4 is 15.9 Å². The number of rotatable bonds is 4. The molecule has 1 rings (SSSR count). The van der Waals surface area contributed by atoms with E-state index in [-0.39, 0.29) is 4.83 Å². The van der Waals surface area contributed by atoms with E-state index in [0.29, 0.717) is 11.8 Å². The summed E-state index contributed by atoms with van der Waals surface area (Å²) in [5, 5.41) is 7.91. The predicted molar refractivity (Wildman–Crippen MR) is 56.3 cm³/mol. The van der Waals surface area contributed by atoms with Crippen LogP contribution in [0.1, 0.15) is 43.8 Å². The summed E-state index contributed by atoms with van der Waals surface area (Å²) in [6.07, 6.45) is 0.912. The second-order valence-electron chi connectivity index (χ2n) is 3.54. The summed E-state index contributed by atoms with van der Waals surface area (Å²) >= 11 is 3.45. The molecule has 0 saturated heterocycles. The molecule has 0 amide bonds. The Bertz CT molecular complexity index is 299. The van der Waals surface area contributed by atoms with E-state index in [2.05, 4.69) is 26.1 Å². The fraction of sp³-hybridized carbons (Fsp3) is 0.778. The molecule has 1 heterocycles. The number of hydrogen-bond donors (Lipinski definition) is 0. The summed E-state index contributed by atoms with van der Waals surface area (Å²) < 4.78 is 10.7. The van der Waals surface area contributed by atoms with Crippen LogP contribution in [0.5, 0.6) is 0 Å². The van der Waals surface area contributed by atoms with Crippen LogP contribution in [0, 0.1) is 0 Å². The molecule has 0 aliphatic rings. The quantitative estimate of drug-likeness (QED) is 0.784.